The fraction of sp³-hybridized carbons (Fsp3) is 0.800. The minimum absolute atomic E-state index is 0.0383. The van der Waals surface area contributed by atoms with Gasteiger partial charge in [0.05, 0.1) is 19.8 Å². The SMILES string of the molecule is COCCOCC(=O)N1CCCC(=O)C1. The lowest BCUT2D eigenvalue weighted by molar-refractivity contribution is -0.141. The zero-order chi connectivity index (χ0) is 11.1. The van der Waals surface area contributed by atoms with Gasteiger partial charge >= 0.3 is 0 Å². The summed E-state index contributed by atoms with van der Waals surface area (Å²) < 4.78 is 9.88. The van der Waals surface area contributed by atoms with Gasteiger partial charge < -0.3 is 14.4 Å². The summed E-state index contributed by atoms with van der Waals surface area (Å²) in [6.45, 7) is 1.83. The summed E-state index contributed by atoms with van der Waals surface area (Å²) in [7, 11) is 1.58. The topological polar surface area (TPSA) is 55.8 Å². The maximum atomic E-state index is 11.5. The van der Waals surface area contributed by atoms with Crippen LogP contribution in [0.1, 0.15) is 12.8 Å². The third-order valence-electron chi connectivity index (χ3n) is 2.26. The quantitative estimate of drug-likeness (QED) is 0.598. The second-order valence-electron chi connectivity index (χ2n) is 3.50. The lowest BCUT2D eigenvalue weighted by Gasteiger charge is -2.25. The molecule has 0 saturated carbocycles. The van der Waals surface area contributed by atoms with Gasteiger partial charge in [0.15, 0.2) is 5.78 Å². The Hall–Kier alpha value is -0.940. The molecule has 5 heteroatoms. The van der Waals surface area contributed by atoms with E-state index < -0.39 is 0 Å². The summed E-state index contributed by atoms with van der Waals surface area (Å²) >= 11 is 0. The van der Waals surface area contributed by atoms with Crippen molar-refractivity contribution in [3.63, 3.8) is 0 Å². The lowest BCUT2D eigenvalue weighted by Crippen LogP contribution is -2.42. The molecule has 0 spiro atoms. The fourth-order valence-electron chi connectivity index (χ4n) is 1.44. The first-order chi connectivity index (χ1) is 7.24. The zero-order valence-corrected chi connectivity index (χ0v) is 9.03. The summed E-state index contributed by atoms with van der Waals surface area (Å²) in [6, 6.07) is 0. The number of nitrogens with zero attached hydrogens (tertiary/aromatic N) is 1. The molecule has 0 N–H and O–H groups in total. The number of hydrogen-bond donors (Lipinski definition) is 0. The van der Waals surface area contributed by atoms with Crippen LogP contribution >= 0.6 is 0 Å². The van der Waals surface area contributed by atoms with Gasteiger partial charge in [0.2, 0.25) is 5.91 Å². The van der Waals surface area contributed by atoms with Crippen LogP contribution in [0, 0.1) is 0 Å². The molecule has 0 atom stereocenters. The van der Waals surface area contributed by atoms with Gasteiger partial charge in [0.1, 0.15) is 6.61 Å². The van der Waals surface area contributed by atoms with Crippen LogP contribution in [0.15, 0.2) is 0 Å². The Morgan fingerprint density at radius 3 is 2.93 bits per heavy atom. The van der Waals surface area contributed by atoms with Crippen molar-refractivity contribution in [2.75, 3.05) is 40.0 Å². The van der Waals surface area contributed by atoms with Crippen molar-refractivity contribution < 1.29 is 19.1 Å². The minimum atomic E-state index is -0.112. The van der Waals surface area contributed by atoms with E-state index in [1.807, 2.05) is 0 Å². The molecule has 1 saturated heterocycles. The van der Waals surface area contributed by atoms with Gasteiger partial charge in [-0.2, -0.15) is 0 Å². The van der Waals surface area contributed by atoms with E-state index in [4.69, 9.17) is 9.47 Å². The van der Waals surface area contributed by atoms with Gasteiger partial charge in [-0.05, 0) is 6.42 Å². The van der Waals surface area contributed by atoms with E-state index in [0.29, 0.717) is 26.2 Å². The maximum absolute atomic E-state index is 11.5. The molecule has 1 amide bonds. The number of carbonyl (C=O) groups is 2. The molecule has 1 rings (SSSR count). The summed E-state index contributed by atoms with van der Waals surface area (Å²) in [5.41, 5.74) is 0. The molecule has 0 unspecified atom stereocenters. The summed E-state index contributed by atoms with van der Waals surface area (Å²) in [4.78, 5) is 24.2. The largest absolute Gasteiger partial charge is 0.382 e. The average molecular weight is 215 g/mol. The molecule has 0 aromatic heterocycles. The molecule has 0 aliphatic carbocycles. The van der Waals surface area contributed by atoms with Crippen molar-refractivity contribution in [2.24, 2.45) is 0 Å². The number of Topliss-reactive ketones (excluding diaryl/α,β-unsaturated/α-hetero) is 1. The van der Waals surface area contributed by atoms with Gasteiger partial charge in [0.25, 0.3) is 0 Å². The highest BCUT2D eigenvalue weighted by molar-refractivity contribution is 5.87. The molecule has 15 heavy (non-hydrogen) atoms. The molecule has 1 fully saturated rings. The molecule has 0 aromatic rings. The first-order valence-corrected chi connectivity index (χ1v) is 5.10. The molecule has 86 valence electrons. The summed E-state index contributed by atoms with van der Waals surface area (Å²) in [5, 5.41) is 0. The Kier molecular flexibility index (Phi) is 5.28. The smallest absolute Gasteiger partial charge is 0.248 e. The van der Waals surface area contributed by atoms with Crippen LogP contribution in [-0.4, -0.2) is 56.6 Å². The van der Waals surface area contributed by atoms with Crippen molar-refractivity contribution in [1.29, 1.82) is 0 Å². The number of piperidine rings is 1. The van der Waals surface area contributed by atoms with Crippen LogP contribution in [0.4, 0.5) is 0 Å². The molecule has 1 aliphatic heterocycles. The highest BCUT2D eigenvalue weighted by atomic mass is 16.5. The van der Waals surface area contributed by atoms with Crippen molar-refractivity contribution in [1.82, 2.24) is 4.90 Å². The normalized spacial score (nSPS) is 16.9. The lowest BCUT2D eigenvalue weighted by atomic mass is 10.1. The summed E-state index contributed by atoms with van der Waals surface area (Å²) in [5.74, 6) is 0.0191. The fourth-order valence-corrected chi connectivity index (χ4v) is 1.44. The molecule has 0 aromatic carbocycles. The molecule has 5 nitrogen and oxygen atoms in total. The van der Waals surface area contributed by atoms with E-state index in [-0.39, 0.29) is 24.8 Å². The minimum Gasteiger partial charge on any atom is -0.382 e. The van der Waals surface area contributed by atoms with Gasteiger partial charge in [-0.25, -0.2) is 0 Å². The van der Waals surface area contributed by atoms with Crippen molar-refractivity contribution in [2.45, 2.75) is 12.8 Å². The molecule has 0 bridgehead atoms. The maximum Gasteiger partial charge on any atom is 0.248 e. The first-order valence-electron chi connectivity index (χ1n) is 5.10. The van der Waals surface area contributed by atoms with E-state index in [9.17, 15) is 9.59 Å². The number of amides is 1. The highest BCUT2D eigenvalue weighted by Gasteiger charge is 2.20. The molecule has 0 radical (unpaired) electrons. The Balaban J connectivity index is 2.18. The molecule has 1 aliphatic rings. The Morgan fingerprint density at radius 1 is 1.47 bits per heavy atom. The van der Waals surface area contributed by atoms with Crippen molar-refractivity contribution in [3.8, 4) is 0 Å². The van der Waals surface area contributed by atoms with E-state index in [1.54, 1.807) is 12.0 Å². The Labute approximate surface area is 89.3 Å². The van der Waals surface area contributed by atoms with Gasteiger partial charge in [-0.3, -0.25) is 9.59 Å². The average Bonchev–Trinajstić information content (AvgIpc) is 2.24. The molecular formula is C10H17NO4. The third kappa shape index (κ3) is 4.40. The number of ether oxygens (including phenoxy) is 2. The Morgan fingerprint density at radius 2 is 2.27 bits per heavy atom. The van der Waals surface area contributed by atoms with Gasteiger partial charge in [-0.15, -0.1) is 0 Å². The number of carbonyl (C=O) groups excluding carboxylic acids is 2. The van der Waals surface area contributed by atoms with E-state index >= 15 is 0 Å². The first kappa shape index (κ1) is 12.1. The van der Waals surface area contributed by atoms with Crippen LogP contribution in [-0.2, 0) is 19.1 Å². The summed E-state index contributed by atoms with van der Waals surface area (Å²) in [6.07, 6.45) is 1.36. The third-order valence-corrected chi connectivity index (χ3v) is 2.26. The molecular weight excluding hydrogens is 198 g/mol. The zero-order valence-electron chi connectivity index (χ0n) is 9.03. The number of methoxy groups -OCH3 is 1. The second kappa shape index (κ2) is 6.53. The van der Waals surface area contributed by atoms with E-state index in [2.05, 4.69) is 0 Å². The van der Waals surface area contributed by atoms with Crippen LogP contribution in [0.25, 0.3) is 0 Å². The highest BCUT2D eigenvalue weighted by Crippen LogP contribution is 2.05. The molecule has 1 heterocycles. The van der Waals surface area contributed by atoms with Gasteiger partial charge in [-0.1, -0.05) is 0 Å². The van der Waals surface area contributed by atoms with E-state index in [0.717, 1.165) is 6.42 Å². The van der Waals surface area contributed by atoms with Crippen LogP contribution in [0.2, 0.25) is 0 Å². The number of likely N-dealkylation sites (tertiary alicyclic amines) is 1. The predicted octanol–water partition coefficient (Wildman–Crippen LogP) is -0.159. The number of ketones is 1. The van der Waals surface area contributed by atoms with Crippen molar-refractivity contribution in [3.05, 3.63) is 0 Å². The van der Waals surface area contributed by atoms with Crippen LogP contribution < -0.4 is 0 Å². The second-order valence-corrected chi connectivity index (χ2v) is 3.50. The Bertz CT molecular complexity index is 229. The van der Waals surface area contributed by atoms with Crippen LogP contribution in [0.3, 0.4) is 0 Å². The van der Waals surface area contributed by atoms with Crippen molar-refractivity contribution >= 4 is 11.7 Å². The van der Waals surface area contributed by atoms with Gasteiger partial charge in [0, 0.05) is 20.1 Å². The van der Waals surface area contributed by atoms with Crippen LogP contribution in [0.5, 0.6) is 0 Å². The number of rotatable bonds is 5. The monoisotopic (exact) mass is 215 g/mol. The standard InChI is InChI=1S/C10H17NO4/c1-14-5-6-15-8-10(13)11-4-2-3-9(12)7-11/h2-8H2,1H3. The number of hydrogen-bond acceptors (Lipinski definition) is 4. The predicted molar refractivity (Wildman–Crippen MR) is 53.5 cm³/mol. The van der Waals surface area contributed by atoms with E-state index in [1.165, 1.54) is 0 Å².